The molecule has 0 atom stereocenters. The molecule has 0 aliphatic heterocycles. The smallest absolute Gasteiger partial charge is 0.241 e. The molecule has 100 valence electrons. The zero-order valence-corrected chi connectivity index (χ0v) is 11.4. The normalized spacial score (nSPS) is 9.94. The van der Waals surface area contributed by atoms with E-state index in [1.54, 1.807) is 4.90 Å². The van der Waals surface area contributed by atoms with Crippen LogP contribution in [0.1, 0.15) is 20.8 Å². The fourth-order valence-corrected chi connectivity index (χ4v) is 1.67. The Morgan fingerprint density at radius 1 is 1.17 bits per heavy atom. The first-order chi connectivity index (χ1) is 8.71. The quantitative estimate of drug-likeness (QED) is 0.774. The molecule has 0 bridgehead atoms. The highest BCUT2D eigenvalue weighted by molar-refractivity contribution is 5.80. The lowest BCUT2D eigenvalue weighted by Gasteiger charge is -2.19. The van der Waals surface area contributed by atoms with E-state index in [-0.39, 0.29) is 12.5 Å². The van der Waals surface area contributed by atoms with E-state index < -0.39 is 0 Å². The summed E-state index contributed by atoms with van der Waals surface area (Å²) >= 11 is 0. The number of carbonyl (C=O) groups excluding carboxylic acids is 1. The molecule has 0 aliphatic carbocycles. The average Bonchev–Trinajstić information content (AvgIpc) is 2.39. The van der Waals surface area contributed by atoms with Gasteiger partial charge in [0.25, 0.3) is 0 Å². The molecule has 5 heteroatoms. The van der Waals surface area contributed by atoms with Crippen molar-refractivity contribution in [2.45, 2.75) is 20.8 Å². The molecule has 0 saturated carbocycles. The van der Waals surface area contributed by atoms with E-state index in [4.69, 9.17) is 0 Å². The Hall–Kier alpha value is -1.78. The molecule has 1 heterocycles. The van der Waals surface area contributed by atoms with Gasteiger partial charge in [-0.05, 0) is 32.9 Å². The summed E-state index contributed by atoms with van der Waals surface area (Å²) in [6.07, 6.45) is 0. The molecule has 0 spiro atoms. The summed E-state index contributed by atoms with van der Waals surface area (Å²) in [6, 6.07) is 5.67. The van der Waals surface area contributed by atoms with Gasteiger partial charge in [-0.25, -0.2) is 4.98 Å². The molecule has 2 N–H and O–H groups in total. The van der Waals surface area contributed by atoms with E-state index in [0.29, 0.717) is 5.82 Å². The lowest BCUT2D eigenvalue weighted by molar-refractivity contribution is -0.128. The second-order valence-electron chi connectivity index (χ2n) is 3.86. The number of hydrogen-bond donors (Lipinski definition) is 2. The summed E-state index contributed by atoms with van der Waals surface area (Å²) in [7, 11) is 0. The number of likely N-dealkylation sites (N-methyl/N-ethyl adjacent to an activating group) is 1. The van der Waals surface area contributed by atoms with Crippen molar-refractivity contribution in [1.82, 2.24) is 9.88 Å². The van der Waals surface area contributed by atoms with Crippen LogP contribution in [0, 0.1) is 0 Å². The lowest BCUT2D eigenvalue weighted by atomic mass is 10.4. The van der Waals surface area contributed by atoms with Crippen LogP contribution < -0.4 is 10.6 Å². The first kappa shape index (κ1) is 14.3. The third kappa shape index (κ3) is 4.24. The van der Waals surface area contributed by atoms with Gasteiger partial charge in [0, 0.05) is 19.6 Å². The molecule has 1 aromatic rings. The molecular weight excluding hydrogens is 228 g/mol. The van der Waals surface area contributed by atoms with Crippen molar-refractivity contribution in [3.63, 3.8) is 0 Å². The average molecular weight is 250 g/mol. The number of nitrogens with zero attached hydrogens (tertiary/aromatic N) is 2. The maximum absolute atomic E-state index is 11.8. The van der Waals surface area contributed by atoms with Crippen molar-refractivity contribution in [2.75, 3.05) is 36.8 Å². The SMILES string of the molecule is CCNc1cccc(NCC(=O)N(CC)CC)n1. The van der Waals surface area contributed by atoms with Crippen LogP contribution in [0.2, 0.25) is 0 Å². The minimum absolute atomic E-state index is 0.0932. The molecule has 18 heavy (non-hydrogen) atoms. The summed E-state index contributed by atoms with van der Waals surface area (Å²) in [5.41, 5.74) is 0. The van der Waals surface area contributed by atoms with Gasteiger partial charge < -0.3 is 15.5 Å². The summed E-state index contributed by atoms with van der Waals surface area (Å²) in [5, 5.41) is 6.18. The molecule has 1 amide bonds. The van der Waals surface area contributed by atoms with Crippen molar-refractivity contribution in [3.8, 4) is 0 Å². The summed E-state index contributed by atoms with van der Waals surface area (Å²) in [6.45, 7) is 8.56. The minimum Gasteiger partial charge on any atom is -0.370 e. The maximum Gasteiger partial charge on any atom is 0.241 e. The van der Waals surface area contributed by atoms with Crippen LogP contribution in [0.15, 0.2) is 18.2 Å². The summed E-state index contributed by atoms with van der Waals surface area (Å²) in [4.78, 5) is 18.0. The second kappa shape index (κ2) is 7.53. The molecule has 0 aliphatic rings. The van der Waals surface area contributed by atoms with Gasteiger partial charge in [-0.3, -0.25) is 4.79 Å². The Balaban J connectivity index is 2.52. The first-order valence-electron chi connectivity index (χ1n) is 6.43. The van der Waals surface area contributed by atoms with Crippen molar-refractivity contribution < 1.29 is 4.79 Å². The van der Waals surface area contributed by atoms with Crippen LogP contribution in [0.3, 0.4) is 0 Å². The number of nitrogens with one attached hydrogen (secondary N) is 2. The van der Waals surface area contributed by atoms with Crippen LogP contribution in [-0.4, -0.2) is 42.0 Å². The summed E-state index contributed by atoms with van der Waals surface area (Å²) < 4.78 is 0. The Kier molecular flexibility index (Phi) is 5.97. The van der Waals surface area contributed by atoms with Gasteiger partial charge in [-0.15, -0.1) is 0 Å². The molecule has 0 radical (unpaired) electrons. The molecule has 5 nitrogen and oxygen atoms in total. The van der Waals surface area contributed by atoms with Crippen LogP contribution in [0.4, 0.5) is 11.6 Å². The second-order valence-corrected chi connectivity index (χ2v) is 3.86. The van der Waals surface area contributed by atoms with E-state index in [0.717, 1.165) is 25.5 Å². The molecule has 1 rings (SSSR count). The van der Waals surface area contributed by atoms with E-state index in [1.807, 2.05) is 39.0 Å². The van der Waals surface area contributed by atoms with Crippen molar-refractivity contribution in [2.24, 2.45) is 0 Å². The molecule has 0 fully saturated rings. The van der Waals surface area contributed by atoms with E-state index >= 15 is 0 Å². The van der Waals surface area contributed by atoms with Crippen molar-refractivity contribution in [1.29, 1.82) is 0 Å². The zero-order valence-electron chi connectivity index (χ0n) is 11.4. The standard InChI is InChI=1S/C13H22N4O/c1-4-14-11-8-7-9-12(16-11)15-10-13(18)17(5-2)6-3/h7-9H,4-6,10H2,1-3H3,(H2,14,15,16). The Bertz CT molecular complexity index is 377. The predicted octanol–water partition coefficient (Wildman–Crippen LogP) is 1.79. The van der Waals surface area contributed by atoms with Crippen molar-refractivity contribution >= 4 is 17.5 Å². The Morgan fingerprint density at radius 3 is 2.33 bits per heavy atom. The predicted molar refractivity (Wildman–Crippen MR) is 74.8 cm³/mol. The van der Waals surface area contributed by atoms with Crippen LogP contribution in [0.5, 0.6) is 0 Å². The molecule has 1 aromatic heterocycles. The van der Waals surface area contributed by atoms with Gasteiger partial charge in [0.15, 0.2) is 0 Å². The van der Waals surface area contributed by atoms with Gasteiger partial charge in [-0.1, -0.05) is 6.07 Å². The third-order valence-corrected chi connectivity index (χ3v) is 2.64. The molecule has 0 saturated heterocycles. The number of pyridine rings is 1. The van der Waals surface area contributed by atoms with E-state index in [2.05, 4.69) is 15.6 Å². The maximum atomic E-state index is 11.8. The number of anilines is 2. The summed E-state index contributed by atoms with van der Waals surface area (Å²) in [5.74, 6) is 1.63. The van der Waals surface area contributed by atoms with Crippen LogP contribution in [0.25, 0.3) is 0 Å². The Morgan fingerprint density at radius 2 is 1.78 bits per heavy atom. The Labute approximate surface area is 109 Å². The van der Waals surface area contributed by atoms with Gasteiger partial charge in [0.2, 0.25) is 5.91 Å². The van der Waals surface area contributed by atoms with Gasteiger partial charge in [0.05, 0.1) is 6.54 Å². The highest BCUT2D eigenvalue weighted by Gasteiger charge is 2.08. The van der Waals surface area contributed by atoms with Crippen molar-refractivity contribution in [3.05, 3.63) is 18.2 Å². The zero-order chi connectivity index (χ0) is 13.4. The number of hydrogen-bond acceptors (Lipinski definition) is 4. The van der Waals surface area contributed by atoms with E-state index in [9.17, 15) is 4.79 Å². The number of rotatable bonds is 7. The monoisotopic (exact) mass is 250 g/mol. The van der Waals surface area contributed by atoms with Gasteiger partial charge in [0.1, 0.15) is 11.6 Å². The largest absolute Gasteiger partial charge is 0.370 e. The van der Waals surface area contributed by atoms with Gasteiger partial charge >= 0.3 is 0 Å². The fraction of sp³-hybridized carbons (Fsp3) is 0.538. The lowest BCUT2D eigenvalue weighted by Crippen LogP contribution is -2.35. The van der Waals surface area contributed by atoms with Crippen LogP contribution >= 0.6 is 0 Å². The number of aromatic nitrogens is 1. The topological polar surface area (TPSA) is 57.3 Å². The van der Waals surface area contributed by atoms with Crippen LogP contribution in [-0.2, 0) is 4.79 Å². The van der Waals surface area contributed by atoms with Gasteiger partial charge in [-0.2, -0.15) is 0 Å². The molecular formula is C13H22N4O. The highest BCUT2D eigenvalue weighted by atomic mass is 16.2. The molecule has 0 aromatic carbocycles. The third-order valence-electron chi connectivity index (χ3n) is 2.64. The number of carbonyl (C=O) groups is 1. The first-order valence-corrected chi connectivity index (χ1v) is 6.43. The minimum atomic E-state index is 0.0932. The fourth-order valence-electron chi connectivity index (χ4n) is 1.67. The number of amides is 1. The van der Waals surface area contributed by atoms with E-state index in [1.165, 1.54) is 0 Å². The molecule has 0 unspecified atom stereocenters. The highest BCUT2D eigenvalue weighted by Crippen LogP contribution is 2.08.